The summed E-state index contributed by atoms with van der Waals surface area (Å²) < 4.78 is 5.65. The van der Waals surface area contributed by atoms with Crippen molar-refractivity contribution in [2.75, 3.05) is 32.8 Å². The van der Waals surface area contributed by atoms with Crippen molar-refractivity contribution in [1.82, 2.24) is 9.80 Å². The molecule has 1 saturated heterocycles. The highest BCUT2D eigenvalue weighted by Crippen LogP contribution is 2.27. The molecule has 1 aliphatic heterocycles. The topological polar surface area (TPSA) is 107 Å². The largest absolute Gasteiger partial charge is 0.484 e. The molecule has 1 heterocycles. The second-order valence-corrected chi connectivity index (χ2v) is 8.06. The van der Waals surface area contributed by atoms with Crippen LogP contribution in [-0.2, 0) is 14.4 Å². The van der Waals surface area contributed by atoms with E-state index in [1.165, 1.54) is 25.7 Å². The van der Waals surface area contributed by atoms with Crippen LogP contribution in [0.25, 0.3) is 0 Å². The average Bonchev–Trinajstić information content (AvgIpc) is 2.72. The first-order chi connectivity index (χ1) is 14.3. The van der Waals surface area contributed by atoms with Crippen LogP contribution in [0.3, 0.4) is 0 Å². The number of ether oxygens (including phenoxy) is 1. The molecule has 1 saturated carbocycles. The predicted octanol–water partition coefficient (Wildman–Crippen LogP) is 2.25. The number of carbonyl (C=O) groups is 3. The molecule has 8 heteroatoms. The normalized spacial score (nSPS) is 21.9. The Morgan fingerprint density at radius 1 is 1.07 bits per heavy atom. The highest BCUT2D eigenvalue weighted by Gasteiger charge is 2.28. The summed E-state index contributed by atoms with van der Waals surface area (Å²) in [5, 5.41) is 14.8. The van der Waals surface area contributed by atoms with Gasteiger partial charge in [0.15, 0.2) is 6.61 Å². The molecule has 2 fully saturated rings. The van der Waals surface area contributed by atoms with E-state index in [0.717, 1.165) is 49.5 Å². The second kappa shape index (κ2) is 11.5. The number of aryl methyl sites for hydroxylation is 1. The summed E-state index contributed by atoms with van der Waals surface area (Å²) in [5.41, 5.74) is 1.15. The van der Waals surface area contributed by atoms with Crippen LogP contribution in [0.15, 0.2) is 24.3 Å². The van der Waals surface area contributed by atoms with Gasteiger partial charge in [-0.2, -0.15) is 0 Å². The maximum Gasteiger partial charge on any atom is 0.414 e. The van der Waals surface area contributed by atoms with Crippen LogP contribution >= 0.6 is 0 Å². The summed E-state index contributed by atoms with van der Waals surface area (Å²) in [7, 11) is 0. The lowest BCUT2D eigenvalue weighted by molar-refractivity contribution is -0.159. The number of rotatable bonds is 4. The van der Waals surface area contributed by atoms with Gasteiger partial charge in [-0.3, -0.25) is 9.69 Å². The summed E-state index contributed by atoms with van der Waals surface area (Å²) >= 11 is 0. The zero-order valence-electron chi connectivity index (χ0n) is 17.7. The minimum absolute atomic E-state index is 0.105. The van der Waals surface area contributed by atoms with Gasteiger partial charge in [-0.15, -0.1) is 0 Å². The van der Waals surface area contributed by atoms with Gasteiger partial charge in [0.25, 0.3) is 5.91 Å². The number of hydrogen-bond donors (Lipinski definition) is 2. The van der Waals surface area contributed by atoms with Crippen LogP contribution in [-0.4, -0.2) is 76.7 Å². The Labute approximate surface area is 177 Å². The van der Waals surface area contributed by atoms with Crippen molar-refractivity contribution >= 4 is 17.8 Å². The van der Waals surface area contributed by atoms with E-state index in [0.29, 0.717) is 0 Å². The Morgan fingerprint density at radius 2 is 1.73 bits per heavy atom. The average molecular weight is 421 g/mol. The molecular formula is C22H32N2O6. The first-order valence-corrected chi connectivity index (χ1v) is 10.4. The molecule has 0 aromatic heterocycles. The fourth-order valence-electron chi connectivity index (χ4n) is 4.01. The summed E-state index contributed by atoms with van der Waals surface area (Å²) in [4.78, 5) is 35.1. The maximum atomic E-state index is 12.4. The van der Waals surface area contributed by atoms with Gasteiger partial charge >= 0.3 is 11.9 Å². The van der Waals surface area contributed by atoms with Crippen LogP contribution in [0.1, 0.15) is 38.2 Å². The third-order valence-corrected chi connectivity index (χ3v) is 5.63. The van der Waals surface area contributed by atoms with Crippen molar-refractivity contribution in [3.63, 3.8) is 0 Å². The molecule has 2 atom stereocenters. The minimum atomic E-state index is -1.82. The van der Waals surface area contributed by atoms with Crippen molar-refractivity contribution in [3.8, 4) is 5.75 Å². The molecule has 30 heavy (non-hydrogen) atoms. The molecule has 1 amide bonds. The first-order valence-electron chi connectivity index (χ1n) is 10.4. The quantitative estimate of drug-likeness (QED) is 0.720. The number of nitrogens with zero attached hydrogens (tertiary/aromatic N) is 2. The lowest BCUT2D eigenvalue weighted by Gasteiger charge is -2.42. The highest BCUT2D eigenvalue weighted by molar-refractivity contribution is 6.27. The molecule has 0 spiro atoms. The molecule has 1 aromatic carbocycles. The molecule has 0 radical (unpaired) electrons. The number of carboxylic acids is 2. The summed E-state index contributed by atoms with van der Waals surface area (Å²) in [5.74, 6) is -1.91. The van der Waals surface area contributed by atoms with Crippen molar-refractivity contribution in [2.45, 2.75) is 45.6 Å². The van der Waals surface area contributed by atoms with Crippen molar-refractivity contribution in [2.24, 2.45) is 5.92 Å². The standard InChI is InChI=1S/C20H30N2O2.C2H2O4/c1-16-5-3-7-18(13-16)21-9-11-22(12-10-21)20(23)15-24-19-8-4-6-17(2)14-19;3-1(4)2(5)6/h4,6,8,14,16,18H,3,5,7,9-13,15H2,1-2H3;(H,3,4)(H,5,6). The highest BCUT2D eigenvalue weighted by atomic mass is 16.5. The minimum Gasteiger partial charge on any atom is -0.484 e. The van der Waals surface area contributed by atoms with E-state index in [4.69, 9.17) is 24.5 Å². The Morgan fingerprint density at radius 3 is 2.30 bits per heavy atom. The lowest BCUT2D eigenvalue weighted by Crippen LogP contribution is -2.53. The number of carboxylic acid groups (broad SMARTS) is 2. The van der Waals surface area contributed by atoms with Gasteiger partial charge in [0.2, 0.25) is 0 Å². The van der Waals surface area contributed by atoms with E-state index >= 15 is 0 Å². The summed E-state index contributed by atoms with van der Waals surface area (Å²) in [6, 6.07) is 8.59. The maximum absolute atomic E-state index is 12.4. The smallest absolute Gasteiger partial charge is 0.414 e. The summed E-state index contributed by atoms with van der Waals surface area (Å²) in [6.45, 7) is 8.22. The second-order valence-electron chi connectivity index (χ2n) is 8.06. The molecule has 1 aromatic rings. The molecule has 2 unspecified atom stereocenters. The molecule has 0 bridgehead atoms. The SMILES string of the molecule is Cc1cccc(OCC(=O)N2CCN(C3CCCC(C)C3)CC2)c1.O=C(O)C(=O)O. The van der Waals surface area contributed by atoms with Gasteiger partial charge < -0.3 is 19.8 Å². The van der Waals surface area contributed by atoms with Crippen LogP contribution in [0.5, 0.6) is 5.75 Å². The van der Waals surface area contributed by atoms with E-state index in [-0.39, 0.29) is 12.5 Å². The fourth-order valence-corrected chi connectivity index (χ4v) is 4.01. The Hall–Kier alpha value is -2.61. The van der Waals surface area contributed by atoms with E-state index in [1.54, 1.807) is 0 Å². The van der Waals surface area contributed by atoms with Crippen LogP contribution in [0.4, 0.5) is 0 Å². The lowest BCUT2D eigenvalue weighted by atomic mass is 9.86. The zero-order valence-corrected chi connectivity index (χ0v) is 17.7. The Kier molecular flexibility index (Phi) is 9.11. The molecule has 1 aliphatic carbocycles. The van der Waals surface area contributed by atoms with Crippen molar-refractivity contribution < 1.29 is 29.3 Å². The molecule has 166 valence electrons. The number of aliphatic carboxylic acids is 2. The Balaban J connectivity index is 0.000000469. The Bertz CT molecular complexity index is 718. The fraction of sp³-hybridized carbons (Fsp3) is 0.591. The van der Waals surface area contributed by atoms with Crippen molar-refractivity contribution in [3.05, 3.63) is 29.8 Å². The van der Waals surface area contributed by atoms with Crippen molar-refractivity contribution in [1.29, 1.82) is 0 Å². The van der Waals surface area contributed by atoms with Crippen LogP contribution in [0.2, 0.25) is 0 Å². The third kappa shape index (κ3) is 7.67. The van der Waals surface area contributed by atoms with E-state index in [9.17, 15) is 4.79 Å². The monoisotopic (exact) mass is 420 g/mol. The van der Waals surface area contributed by atoms with Crippen LogP contribution in [0, 0.1) is 12.8 Å². The molecular weight excluding hydrogens is 388 g/mol. The van der Waals surface area contributed by atoms with E-state index in [1.807, 2.05) is 36.1 Å². The van der Waals surface area contributed by atoms with Gasteiger partial charge in [0.1, 0.15) is 5.75 Å². The van der Waals surface area contributed by atoms with Gasteiger partial charge in [-0.25, -0.2) is 9.59 Å². The number of piperazine rings is 1. The van der Waals surface area contributed by atoms with Crippen LogP contribution < -0.4 is 4.74 Å². The number of carbonyl (C=O) groups excluding carboxylic acids is 1. The van der Waals surface area contributed by atoms with Gasteiger partial charge in [-0.05, 0) is 43.4 Å². The van der Waals surface area contributed by atoms with E-state index in [2.05, 4.69) is 11.8 Å². The predicted molar refractivity (Wildman–Crippen MR) is 112 cm³/mol. The van der Waals surface area contributed by atoms with Gasteiger partial charge in [0, 0.05) is 32.2 Å². The molecule has 3 rings (SSSR count). The summed E-state index contributed by atoms with van der Waals surface area (Å²) in [6.07, 6.45) is 5.39. The molecule has 2 N–H and O–H groups in total. The molecule has 8 nitrogen and oxygen atoms in total. The first kappa shape index (κ1) is 23.7. The number of amides is 1. The van der Waals surface area contributed by atoms with Gasteiger partial charge in [-0.1, -0.05) is 31.9 Å². The molecule has 2 aliphatic rings. The number of hydrogen-bond acceptors (Lipinski definition) is 5. The van der Waals surface area contributed by atoms with E-state index < -0.39 is 11.9 Å². The zero-order chi connectivity index (χ0) is 22.1. The third-order valence-electron chi connectivity index (χ3n) is 5.63. The van der Waals surface area contributed by atoms with Gasteiger partial charge in [0.05, 0.1) is 0 Å². The number of benzene rings is 1.